The molecule has 4 aromatic rings. The maximum atomic E-state index is 13.6. The summed E-state index contributed by atoms with van der Waals surface area (Å²) in [6, 6.07) is 23.2. The van der Waals surface area contributed by atoms with Crippen LogP contribution in [0.25, 0.3) is 5.76 Å². The fourth-order valence-corrected chi connectivity index (χ4v) is 5.62. The fourth-order valence-electron chi connectivity index (χ4n) is 5.62. The Morgan fingerprint density at radius 1 is 0.953 bits per heavy atom. The molecule has 2 aliphatic heterocycles. The molecule has 6 rings (SSSR count). The van der Waals surface area contributed by atoms with E-state index in [4.69, 9.17) is 14.2 Å². The molecule has 1 amide bonds. The molecule has 0 saturated carbocycles. The number of hydrogen-bond donors (Lipinski definition) is 1. The van der Waals surface area contributed by atoms with E-state index in [2.05, 4.69) is 4.98 Å². The topological polar surface area (TPSA) is 98.2 Å². The molecule has 1 saturated heterocycles. The smallest absolute Gasteiger partial charge is 0.295 e. The van der Waals surface area contributed by atoms with E-state index < -0.39 is 17.7 Å². The molecule has 3 heterocycles. The monoisotopic (exact) mass is 576 g/mol. The van der Waals surface area contributed by atoms with Crippen molar-refractivity contribution < 1.29 is 28.9 Å². The number of rotatable bonds is 9. The number of ketones is 1. The SMILES string of the molecule is CCOc1cc([C@@H]2/C(=C(\O)c3ccc4c(c3)C[C@@H](C)O4)C(=O)C(=O)N2Cc2ccncc2)ccc1OCc1ccccc1. The van der Waals surface area contributed by atoms with Crippen LogP contribution in [0.5, 0.6) is 17.2 Å². The molecule has 2 aliphatic rings. The van der Waals surface area contributed by atoms with E-state index in [9.17, 15) is 14.7 Å². The number of fused-ring (bicyclic) bond motifs is 1. The molecular weight excluding hydrogens is 544 g/mol. The zero-order valence-corrected chi connectivity index (χ0v) is 24.0. The van der Waals surface area contributed by atoms with Crippen LogP contribution in [0, 0.1) is 0 Å². The molecule has 0 unspecified atom stereocenters. The highest BCUT2D eigenvalue weighted by molar-refractivity contribution is 6.46. The number of carbonyl (C=O) groups is 2. The van der Waals surface area contributed by atoms with Gasteiger partial charge >= 0.3 is 0 Å². The second kappa shape index (κ2) is 12.0. The third-order valence-corrected chi connectivity index (χ3v) is 7.63. The van der Waals surface area contributed by atoms with Crippen molar-refractivity contribution in [2.45, 2.75) is 45.6 Å². The minimum atomic E-state index is -0.862. The third kappa shape index (κ3) is 5.68. The lowest BCUT2D eigenvalue weighted by Gasteiger charge is -2.26. The molecule has 0 radical (unpaired) electrons. The first kappa shape index (κ1) is 28.0. The van der Waals surface area contributed by atoms with Crippen molar-refractivity contribution in [1.82, 2.24) is 9.88 Å². The number of aromatic nitrogens is 1. The fraction of sp³-hybridized carbons (Fsp3) is 0.229. The Morgan fingerprint density at radius 2 is 1.74 bits per heavy atom. The lowest BCUT2D eigenvalue weighted by molar-refractivity contribution is -0.140. The van der Waals surface area contributed by atoms with Crippen LogP contribution in [0.1, 0.15) is 47.7 Å². The summed E-state index contributed by atoms with van der Waals surface area (Å²) >= 11 is 0. The Hall–Kier alpha value is -5.11. The predicted octanol–water partition coefficient (Wildman–Crippen LogP) is 6.00. The van der Waals surface area contributed by atoms with Crippen LogP contribution in [0.2, 0.25) is 0 Å². The Bertz CT molecular complexity index is 1690. The van der Waals surface area contributed by atoms with Gasteiger partial charge < -0.3 is 24.2 Å². The molecule has 0 spiro atoms. The van der Waals surface area contributed by atoms with E-state index in [1.165, 1.54) is 4.90 Å². The number of amides is 1. The van der Waals surface area contributed by atoms with Gasteiger partial charge in [0, 0.05) is 30.9 Å². The molecule has 0 bridgehead atoms. The Labute approximate surface area is 250 Å². The van der Waals surface area contributed by atoms with Gasteiger partial charge in [-0.05, 0) is 78.6 Å². The number of Topliss-reactive ketones (excluding diaryl/α,β-unsaturated/α-hetero) is 1. The highest BCUT2D eigenvalue weighted by Crippen LogP contribution is 2.43. The lowest BCUT2D eigenvalue weighted by Crippen LogP contribution is -2.29. The van der Waals surface area contributed by atoms with Gasteiger partial charge in [-0.2, -0.15) is 0 Å². The second-order valence-corrected chi connectivity index (χ2v) is 10.7. The maximum absolute atomic E-state index is 13.6. The summed E-state index contributed by atoms with van der Waals surface area (Å²) in [7, 11) is 0. The van der Waals surface area contributed by atoms with E-state index in [0.29, 0.717) is 42.3 Å². The quantitative estimate of drug-likeness (QED) is 0.148. The molecule has 1 fully saturated rings. The first-order valence-electron chi connectivity index (χ1n) is 14.3. The average molecular weight is 577 g/mol. The van der Waals surface area contributed by atoms with Crippen LogP contribution < -0.4 is 14.2 Å². The number of carbonyl (C=O) groups excluding carboxylic acids is 2. The maximum Gasteiger partial charge on any atom is 0.295 e. The summed E-state index contributed by atoms with van der Waals surface area (Å²) in [5.74, 6) is 0.103. The molecule has 0 aliphatic carbocycles. The molecule has 8 nitrogen and oxygen atoms in total. The molecule has 1 aromatic heterocycles. The predicted molar refractivity (Wildman–Crippen MR) is 161 cm³/mol. The van der Waals surface area contributed by atoms with Crippen LogP contribution in [0.3, 0.4) is 0 Å². The van der Waals surface area contributed by atoms with Gasteiger partial charge in [0.15, 0.2) is 11.5 Å². The van der Waals surface area contributed by atoms with Crippen molar-refractivity contribution in [2.75, 3.05) is 6.61 Å². The number of benzene rings is 3. The zero-order valence-electron chi connectivity index (χ0n) is 24.0. The number of nitrogens with zero attached hydrogens (tertiary/aromatic N) is 2. The van der Waals surface area contributed by atoms with Crippen LogP contribution in [0.15, 0.2) is 96.8 Å². The highest BCUT2D eigenvalue weighted by Gasteiger charge is 2.46. The third-order valence-electron chi connectivity index (χ3n) is 7.63. The summed E-state index contributed by atoms with van der Waals surface area (Å²) < 4.78 is 17.9. The van der Waals surface area contributed by atoms with Crippen LogP contribution in [0.4, 0.5) is 0 Å². The van der Waals surface area contributed by atoms with Gasteiger partial charge in [-0.25, -0.2) is 0 Å². The normalized spacial score (nSPS) is 18.8. The second-order valence-electron chi connectivity index (χ2n) is 10.7. The summed E-state index contributed by atoms with van der Waals surface area (Å²) in [5, 5.41) is 11.6. The van der Waals surface area contributed by atoms with Gasteiger partial charge in [0.2, 0.25) is 0 Å². The van der Waals surface area contributed by atoms with E-state index >= 15 is 0 Å². The van der Waals surface area contributed by atoms with Gasteiger partial charge in [0.05, 0.1) is 18.2 Å². The summed E-state index contributed by atoms with van der Waals surface area (Å²) in [6.07, 6.45) is 4.00. The number of ether oxygens (including phenoxy) is 3. The molecule has 8 heteroatoms. The van der Waals surface area contributed by atoms with Crippen molar-refractivity contribution in [3.63, 3.8) is 0 Å². The Kier molecular flexibility index (Phi) is 7.83. The Morgan fingerprint density at radius 3 is 2.51 bits per heavy atom. The molecule has 43 heavy (non-hydrogen) atoms. The van der Waals surface area contributed by atoms with Crippen molar-refractivity contribution in [1.29, 1.82) is 0 Å². The van der Waals surface area contributed by atoms with Crippen molar-refractivity contribution in [3.8, 4) is 17.2 Å². The number of aliphatic hydroxyl groups is 1. The summed E-state index contributed by atoms with van der Waals surface area (Å²) in [6.45, 7) is 4.74. The average Bonchev–Trinajstić information content (AvgIpc) is 3.52. The van der Waals surface area contributed by atoms with E-state index in [1.54, 1.807) is 48.8 Å². The zero-order chi connectivity index (χ0) is 29.9. The van der Waals surface area contributed by atoms with Gasteiger partial charge in [0.25, 0.3) is 11.7 Å². The van der Waals surface area contributed by atoms with Crippen LogP contribution in [-0.2, 0) is 29.2 Å². The van der Waals surface area contributed by atoms with Crippen LogP contribution >= 0.6 is 0 Å². The standard InChI is InChI=1S/C35H32N2O6/c1-3-41-30-19-25(9-12-29(30)42-21-24-7-5-4-6-8-24)32-31(33(38)26-10-11-28-27(18-26)17-22(2)43-28)34(39)35(40)37(32)20-23-13-15-36-16-14-23/h4-16,18-19,22,32,38H,3,17,20-21H2,1-2H3/b33-31+/t22-,32-/m1/s1. The van der Waals surface area contributed by atoms with Crippen molar-refractivity contribution in [3.05, 3.63) is 125 Å². The molecule has 3 aromatic carbocycles. The number of hydrogen-bond acceptors (Lipinski definition) is 7. The minimum Gasteiger partial charge on any atom is -0.507 e. The van der Waals surface area contributed by atoms with Gasteiger partial charge in [0.1, 0.15) is 24.2 Å². The van der Waals surface area contributed by atoms with Gasteiger partial charge in [-0.3, -0.25) is 14.6 Å². The first-order chi connectivity index (χ1) is 20.9. The van der Waals surface area contributed by atoms with Gasteiger partial charge in [-0.1, -0.05) is 36.4 Å². The van der Waals surface area contributed by atoms with Gasteiger partial charge in [-0.15, -0.1) is 0 Å². The summed E-state index contributed by atoms with van der Waals surface area (Å²) in [4.78, 5) is 32.7. The molecule has 2 atom stereocenters. The lowest BCUT2D eigenvalue weighted by atomic mass is 9.94. The summed E-state index contributed by atoms with van der Waals surface area (Å²) in [5.41, 5.74) is 3.84. The Balaban J connectivity index is 1.43. The van der Waals surface area contributed by atoms with Crippen molar-refractivity contribution >= 4 is 17.4 Å². The number of pyridine rings is 1. The number of aliphatic hydroxyl groups excluding tert-OH is 1. The minimum absolute atomic E-state index is 0.0198. The first-order valence-corrected chi connectivity index (χ1v) is 14.3. The van der Waals surface area contributed by atoms with E-state index in [0.717, 1.165) is 22.4 Å². The van der Waals surface area contributed by atoms with Crippen LogP contribution in [-0.4, -0.2) is 39.4 Å². The molecular formula is C35H32N2O6. The molecule has 218 valence electrons. The largest absolute Gasteiger partial charge is 0.507 e. The number of likely N-dealkylation sites (tertiary alicyclic amines) is 1. The molecule has 1 N–H and O–H groups in total. The van der Waals surface area contributed by atoms with Crippen molar-refractivity contribution in [2.24, 2.45) is 0 Å². The van der Waals surface area contributed by atoms with E-state index in [1.807, 2.05) is 56.3 Å². The highest BCUT2D eigenvalue weighted by atomic mass is 16.5. The van der Waals surface area contributed by atoms with E-state index in [-0.39, 0.29) is 24.0 Å².